The second-order valence-electron chi connectivity index (χ2n) is 9.43. The van der Waals surface area contributed by atoms with E-state index in [0.717, 1.165) is 35.3 Å². The molecule has 0 atom stereocenters. The third kappa shape index (κ3) is 8.05. The molecule has 32 heavy (non-hydrogen) atoms. The number of hydrogen-bond donors (Lipinski definition) is 2. The van der Waals surface area contributed by atoms with Gasteiger partial charge >= 0.3 is 6.09 Å². The Kier molecular flexibility index (Phi) is 8.92. The van der Waals surface area contributed by atoms with Crippen LogP contribution in [0.2, 0.25) is 0 Å². The van der Waals surface area contributed by atoms with E-state index >= 15 is 0 Å². The smallest absolute Gasteiger partial charge is 0.408 e. The van der Waals surface area contributed by atoms with Crippen LogP contribution in [0.1, 0.15) is 50.3 Å². The first-order valence-corrected chi connectivity index (χ1v) is 11.2. The molecule has 8 nitrogen and oxygen atoms in total. The first-order chi connectivity index (χ1) is 15.0. The molecule has 0 unspecified atom stereocenters. The molecule has 1 aromatic carbocycles. The summed E-state index contributed by atoms with van der Waals surface area (Å²) in [6.07, 6.45) is 1.01. The number of carbonyl (C=O) groups excluding carboxylic acids is 3. The van der Waals surface area contributed by atoms with Gasteiger partial charge in [-0.25, -0.2) is 4.79 Å². The lowest BCUT2D eigenvalue weighted by Gasteiger charge is -2.32. The van der Waals surface area contributed by atoms with Gasteiger partial charge in [0.25, 0.3) is 5.91 Å². The van der Waals surface area contributed by atoms with Crippen LogP contribution in [0, 0.1) is 26.7 Å². The predicted octanol–water partition coefficient (Wildman–Crippen LogP) is 2.87. The maximum atomic E-state index is 12.3. The van der Waals surface area contributed by atoms with E-state index in [2.05, 4.69) is 10.6 Å². The SMILES string of the molecule is Cc1ccc(C)c(OCC(=O)NCC2CCN(C(=O)CNC(=O)OC(C)(C)C)CC2)c1C. The van der Waals surface area contributed by atoms with Gasteiger partial charge in [0.15, 0.2) is 6.61 Å². The fraction of sp³-hybridized carbons (Fsp3) is 0.625. The number of rotatable bonds is 7. The monoisotopic (exact) mass is 447 g/mol. The zero-order valence-electron chi connectivity index (χ0n) is 20.2. The van der Waals surface area contributed by atoms with E-state index in [1.54, 1.807) is 25.7 Å². The second-order valence-corrected chi connectivity index (χ2v) is 9.43. The molecule has 1 heterocycles. The summed E-state index contributed by atoms with van der Waals surface area (Å²) in [5.41, 5.74) is 2.60. The molecule has 178 valence electrons. The first-order valence-electron chi connectivity index (χ1n) is 11.2. The second kappa shape index (κ2) is 11.2. The topological polar surface area (TPSA) is 97.0 Å². The van der Waals surface area contributed by atoms with Crippen molar-refractivity contribution in [3.8, 4) is 5.75 Å². The summed E-state index contributed by atoms with van der Waals surface area (Å²) in [6.45, 7) is 13.0. The Morgan fingerprint density at radius 3 is 2.28 bits per heavy atom. The predicted molar refractivity (Wildman–Crippen MR) is 123 cm³/mol. The van der Waals surface area contributed by atoms with Crippen molar-refractivity contribution in [2.45, 2.75) is 60.0 Å². The molecule has 0 aromatic heterocycles. The Hall–Kier alpha value is -2.77. The van der Waals surface area contributed by atoms with Crippen LogP contribution >= 0.6 is 0 Å². The molecule has 0 saturated carbocycles. The van der Waals surface area contributed by atoms with Gasteiger partial charge in [-0.2, -0.15) is 0 Å². The van der Waals surface area contributed by atoms with E-state index in [9.17, 15) is 14.4 Å². The minimum Gasteiger partial charge on any atom is -0.483 e. The van der Waals surface area contributed by atoms with Gasteiger partial charge in [-0.05, 0) is 77.0 Å². The Bertz CT molecular complexity index is 824. The van der Waals surface area contributed by atoms with Crippen molar-refractivity contribution in [3.63, 3.8) is 0 Å². The highest BCUT2D eigenvalue weighted by molar-refractivity contribution is 5.82. The van der Waals surface area contributed by atoms with Gasteiger partial charge < -0.3 is 25.0 Å². The lowest BCUT2D eigenvalue weighted by Crippen LogP contribution is -2.46. The van der Waals surface area contributed by atoms with Gasteiger partial charge in [0.2, 0.25) is 5.91 Å². The number of piperidine rings is 1. The molecule has 3 amide bonds. The summed E-state index contributed by atoms with van der Waals surface area (Å²) in [7, 11) is 0. The maximum absolute atomic E-state index is 12.3. The van der Waals surface area contributed by atoms with E-state index in [-0.39, 0.29) is 25.0 Å². The van der Waals surface area contributed by atoms with Gasteiger partial charge in [0.1, 0.15) is 17.9 Å². The fourth-order valence-electron chi connectivity index (χ4n) is 3.55. The Morgan fingerprint density at radius 2 is 1.66 bits per heavy atom. The Balaban J connectivity index is 1.67. The average molecular weight is 448 g/mol. The molecule has 0 aliphatic carbocycles. The highest BCUT2D eigenvalue weighted by Gasteiger charge is 2.24. The van der Waals surface area contributed by atoms with Crippen molar-refractivity contribution in [2.24, 2.45) is 5.92 Å². The summed E-state index contributed by atoms with van der Waals surface area (Å²) in [6, 6.07) is 4.04. The van der Waals surface area contributed by atoms with Gasteiger partial charge in [-0.1, -0.05) is 12.1 Å². The van der Waals surface area contributed by atoms with Gasteiger partial charge in [0.05, 0.1) is 0 Å². The zero-order chi connectivity index (χ0) is 23.9. The number of alkyl carbamates (subject to hydrolysis) is 1. The van der Waals surface area contributed by atoms with Crippen LogP contribution in [0.3, 0.4) is 0 Å². The summed E-state index contributed by atoms with van der Waals surface area (Å²) in [5.74, 6) is 0.803. The summed E-state index contributed by atoms with van der Waals surface area (Å²) < 4.78 is 10.9. The molecule has 2 rings (SSSR count). The Labute approximate surface area is 191 Å². The lowest BCUT2D eigenvalue weighted by molar-refractivity contribution is -0.132. The zero-order valence-corrected chi connectivity index (χ0v) is 20.2. The molecule has 1 aliphatic heterocycles. The van der Waals surface area contributed by atoms with Crippen molar-refractivity contribution in [3.05, 3.63) is 28.8 Å². The average Bonchev–Trinajstić information content (AvgIpc) is 2.72. The number of benzene rings is 1. The minimum absolute atomic E-state index is 0.0151. The third-order valence-electron chi connectivity index (χ3n) is 5.56. The van der Waals surface area contributed by atoms with Crippen LogP contribution in [0.25, 0.3) is 0 Å². The highest BCUT2D eigenvalue weighted by Crippen LogP contribution is 2.25. The van der Waals surface area contributed by atoms with Gasteiger partial charge in [-0.3, -0.25) is 9.59 Å². The minimum atomic E-state index is -0.599. The molecule has 1 aliphatic rings. The van der Waals surface area contributed by atoms with Crippen LogP contribution < -0.4 is 15.4 Å². The van der Waals surface area contributed by atoms with Crippen LogP contribution in [0.5, 0.6) is 5.75 Å². The molecule has 0 bridgehead atoms. The van der Waals surface area contributed by atoms with E-state index in [1.807, 2.05) is 32.9 Å². The number of nitrogens with zero attached hydrogens (tertiary/aromatic N) is 1. The summed E-state index contributed by atoms with van der Waals surface area (Å²) in [5, 5.41) is 5.44. The lowest BCUT2D eigenvalue weighted by atomic mass is 9.96. The van der Waals surface area contributed by atoms with Gasteiger partial charge in [-0.15, -0.1) is 0 Å². The molecule has 1 aromatic rings. The first kappa shape index (κ1) is 25.5. The van der Waals surface area contributed by atoms with E-state index < -0.39 is 11.7 Å². The quantitative estimate of drug-likeness (QED) is 0.670. The molecule has 1 fully saturated rings. The number of carbonyl (C=O) groups is 3. The number of nitrogens with one attached hydrogen (secondary N) is 2. The normalized spacial score (nSPS) is 14.6. The Morgan fingerprint density at radius 1 is 1.03 bits per heavy atom. The molecule has 8 heteroatoms. The molecule has 0 radical (unpaired) electrons. The van der Waals surface area contributed by atoms with E-state index in [0.29, 0.717) is 25.6 Å². The number of aryl methyl sites for hydroxylation is 2. The van der Waals surface area contributed by atoms with Gasteiger partial charge in [0, 0.05) is 19.6 Å². The van der Waals surface area contributed by atoms with Crippen LogP contribution in [0.15, 0.2) is 12.1 Å². The third-order valence-corrected chi connectivity index (χ3v) is 5.56. The summed E-state index contributed by atoms with van der Waals surface area (Å²) in [4.78, 5) is 38.0. The van der Waals surface area contributed by atoms with E-state index in [4.69, 9.17) is 9.47 Å². The molecular weight excluding hydrogens is 410 g/mol. The number of hydrogen-bond acceptors (Lipinski definition) is 5. The number of ether oxygens (including phenoxy) is 2. The fourth-order valence-corrected chi connectivity index (χ4v) is 3.55. The van der Waals surface area contributed by atoms with Crippen molar-refractivity contribution in [1.29, 1.82) is 0 Å². The molecule has 0 spiro atoms. The summed E-state index contributed by atoms with van der Waals surface area (Å²) >= 11 is 0. The number of likely N-dealkylation sites (tertiary alicyclic amines) is 1. The molecular formula is C24H37N3O5. The largest absolute Gasteiger partial charge is 0.483 e. The maximum Gasteiger partial charge on any atom is 0.408 e. The number of amides is 3. The van der Waals surface area contributed by atoms with Crippen molar-refractivity contribution in [1.82, 2.24) is 15.5 Å². The van der Waals surface area contributed by atoms with Crippen molar-refractivity contribution in [2.75, 3.05) is 32.8 Å². The van der Waals surface area contributed by atoms with Crippen molar-refractivity contribution < 1.29 is 23.9 Å². The standard InChI is InChI=1S/C24H37N3O5/c1-16-7-8-17(2)22(18(16)3)31-15-20(28)25-13-19-9-11-27(12-10-19)21(29)14-26-23(30)32-24(4,5)6/h7-8,19H,9-15H2,1-6H3,(H,25,28)(H,26,30). The van der Waals surface area contributed by atoms with E-state index in [1.165, 1.54) is 0 Å². The molecule has 1 saturated heterocycles. The van der Waals surface area contributed by atoms with Crippen molar-refractivity contribution >= 4 is 17.9 Å². The molecule has 2 N–H and O–H groups in total. The van der Waals surface area contributed by atoms with Crippen LogP contribution in [0.4, 0.5) is 4.79 Å². The van der Waals surface area contributed by atoms with Crippen LogP contribution in [-0.4, -0.2) is 61.2 Å². The highest BCUT2D eigenvalue weighted by atomic mass is 16.6. The van der Waals surface area contributed by atoms with Crippen LogP contribution in [-0.2, 0) is 14.3 Å².